The van der Waals surface area contributed by atoms with Crippen molar-refractivity contribution in [3.05, 3.63) is 46.2 Å². The van der Waals surface area contributed by atoms with Crippen molar-refractivity contribution in [3.63, 3.8) is 0 Å². The summed E-state index contributed by atoms with van der Waals surface area (Å²) in [6.45, 7) is 5.39. The van der Waals surface area contributed by atoms with Crippen LogP contribution in [0.4, 0.5) is 14.3 Å². The van der Waals surface area contributed by atoms with E-state index in [1.165, 1.54) is 47.4 Å². The zero-order chi connectivity index (χ0) is 21.7. The first kappa shape index (κ1) is 20.5. The highest BCUT2D eigenvalue weighted by atomic mass is 32.1. The molecule has 1 aromatic carbocycles. The molecular weight excluding hydrogens is 407 g/mol. The molecule has 1 aliphatic heterocycles. The van der Waals surface area contributed by atoms with Crippen LogP contribution >= 0.6 is 11.3 Å². The summed E-state index contributed by atoms with van der Waals surface area (Å²) in [5, 5.41) is 5.81. The van der Waals surface area contributed by atoms with Crippen molar-refractivity contribution < 1.29 is 18.8 Å². The molecule has 158 valence electrons. The number of aryl methyl sites for hydroxylation is 1. The van der Waals surface area contributed by atoms with Gasteiger partial charge in [0.1, 0.15) is 17.9 Å². The van der Waals surface area contributed by atoms with E-state index < -0.39 is 35.7 Å². The third-order valence-electron chi connectivity index (χ3n) is 5.79. The number of nitrogens with one attached hydrogen (secondary N) is 2. The van der Waals surface area contributed by atoms with E-state index in [1.807, 2.05) is 0 Å². The lowest BCUT2D eigenvalue weighted by atomic mass is 9.79. The number of hydrogen-bond donors (Lipinski definition) is 2. The van der Waals surface area contributed by atoms with Crippen LogP contribution in [-0.2, 0) is 27.0 Å². The summed E-state index contributed by atoms with van der Waals surface area (Å²) in [5.41, 5.74) is 0.0670. The van der Waals surface area contributed by atoms with Gasteiger partial charge in [0, 0.05) is 10.3 Å². The van der Waals surface area contributed by atoms with E-state index in [0.29, 0.717) is 10.7 Å². The van der Waals surface area contributed by atoms with Crippen molar-refractivity contribution in [2.75, 3.05) is 11.9 Å². The number of fused-ring (bicyclic) bond motifs is 1. The molecular formula is C21H23FN4O3S. The van der Waals surface area contributed by atoms with Gasteiger partial charge in [-0.3, -0.25) is 14.5 Å². The van der Waals surface area contributed by atoms with Crippen molar-refractivity contribution in [1.29, 1.82) is 0 Å². The van der Waals surface area contributed by atoms with Crippen LogP contribution in [0.2, 0.25) is 0 Å². The molecule has 4 amide bonds. The second-order valence-electron chi connectivity index (χ2n) is 8.53. The second-order valence-corrected chi connectivity index (χ2v) is 9.61. The highest BCUT2D eigenvalue weighted by molar-refractivity contribution is 7.15. The first-order valence-electron chi connectivity index (χ1n) is 9.80. The Bertz CT molecular complexity index is 1030. The standard InChI is InChI=1S/C21H23FN4O3S/c1-20(2)10-4-5-14-16(20)24-18(30-14)23-15(27)11-26-17(28)21(3,25-19(26)29)12-6-8-13(22)9-7-12/h6-9H,4-5,10-11H2,1-3H3,(H,25,29)(H,23,24,27). The van der Waals surface area contributed by atoms with Crippen molar-refractivity contribution >= 4 is 34.3 Å². The molecule has 9 heteroatoms. The van der Waals surface area contributed by atoms with E-state index in [-0.39, 0.29) is 5.41 Å². The number of carbonyl (C=O) groups excluding carboxylic acids is 3. The third kappa shape index (κ3) is 3.47. The fraction of sp³-hybridized carbons (Fsp3) is 0.429. The quantitative estimate of drug-likeness (QED) is 0.728. The number of anilines is 1. The molecule has 7 nitrogen and oxygen atoms in total. The number of imide groups is 1. The molecule has 4 rings (SSSR count). The van der Waals surface area contributed by atoms with Crippen LogP contribution in [0, 0.1) is 5.82 Å². The number of benzene rings is 1. The van der Waals surface area contributed by atoms with Gasteiger partial charge in [0.15, 0.2) is 5.13 Å². The maximum atomic E-state index is 13.2. The van der Waals surface area contributed by atoms with Gasteiger partial charge in [-0.2, -0.15) is 0 Å². The van der Waals surface area contributed by atoms with Gasteiger partial charge in [0.05, 0.1) is 5.69 Å². The molecule has 30 heavy (non-hydrogen) atoms. The molecule has 1 unspecified atom stereocenters. The Hall–Kier alpha value is -2.81. The molecule has 0 spiro atoms. The number of halogens is 1. The van der Waals surface area contributed by atoms with Crippen molar-refractivity contribution in [2.45, 2.75) is 51.0 Å². The van der Waals surface area contributed by atoms with Crippen LogP contribution < -0.4 is 10.6 Å². The Kier molecular flexibility index (Phi) is 4.88. The molecule has 1 fully saturated rings. The van der Waals surface area contributed by atoms with E-state index in [4.69, 9.17) is 0 Å². The maximum absolute atomic E-state index is 13.2. The number of nitrogens with zero attached hydrogens (tertiary/aromatic N) is 2. The Balaban J connectivity index is 1.47. The van der Waals surface area contributed by atoms with E-state index >= 15 is 0 Å². The average Bonchev–Trinajstić information content (AvgIpc) is 3.18. The van der Waals surface area contributed by atoms with Crippen LogP contribution in [0.5, 0.6) is 0 Å². The lowest BCUT2D eigenvalue weighted by Gasteiger charge is -2.27. The summed E-state index contributed by atoms with van der Waals surface area (Å²) in [6, 6.07) is 4.67. The SMILES string of the molecule is CC1(C)CCCc2sc(NC(=O)CN3C(=O)NC(C)(c4ccc(F)cc4)C3=O)nc21. The van der Waals surface area contributed by atoms with Gasteiger partial charge in [-0.05, 0) is 43.9 Å². The topological polar surface area (TPSA) is 91.4 Å². The molecule has 0 radical (unpaired) electrons. The van der Waals surface area contributed by atoms with Gasteiger partial charge < -0.3 is 10.6 Å². The molecule has 2 aliphatic rings. The Morgan fingerprint density at radius 3 is 2.63 bits per heavy atom. The first-order valence-corrected chi connectivity index (χ1v) is 10.6. The Morgan fingerprint density at radius 1 is 1.27 bits per heavy atom. The van der Waals surface area contributed by atoms with Gasteiger partial charge >= 0.3 is 6.03 Å². The predicted molar refractivity (Wildman–Crippen MR) is 111 cm³/mol. The smallest absolute Gasteiger partial charge is 0.319 e. The monoisotopic (exact) mass is 430 g/mol. The summed E-state index contributed by atoms with van der Waals surface area (Å²) in [4.78, 5) is 44.5. The summed E-state index contributed by atoms with van der Waals surface area (Å²) >= 11 is 1.44. The van der Waals surface area contributed by atoms with E-state index in [1.54, 1.807) is 0 Å². The highest BCUT2D eigenvalue weighted by Crippen LogP contribution is 2.40. The van der Waals surface area contributed by atoms with Gasteiger partial charge in [0.25, 0.3) is 5.91 Å². The van der Waals surface area contributed by atoms with Crippen molar-refractivity contribution in [2.24, 2.45) is 0 Å². The molecule has 1 aromatic heterocycles. The number of hydrogen-bond acceptors (Lipinski definition) is 5. The molecule has 0 saturated carbocycles. The Morgan fingerprint density at radius 2 is 1.97 bits per heavy atom. The maximum Gasteiger partial charge on any atom is 0.325 e. The lowest BCUT2D eigenvalue weighted by molar-refractivity contribution is -0.133. The highest BCUT2D eigenvalue weighted by Gasteiger charge is 2.49. The second kappa shape index (κ2) is 7.16. The molecule has 1 saturated heterocycles. The summed E-state index contributed by atoms with van der Waals surface area (Å²) in [5.74, 6) is -1.50. The van der Waals surface area contributed by atoms with E-state index in [2.05, 4.69) is 29.5 Å². The van der Waals surface area contributed by atoms with Gasteiger partial charge in [-0.15, -0.1) is 11.3 Å². The molecule has 0 bridgehead atoms. The zero-order valence-electron chi connectivity index (χ0n) is 17.0. The first-order chi connectivity index (χ1) is 14.1. The molecule has 2 heterocycles. The lowest BCUT2D eigenvalue weighted by Crippen LogP contribution is -2.42. The van der Waals surface area contributed by atoms with Crippen molar-refractivity contribution in [3.8, 4) is 0 Å². The number of aromatic nitrogens is 1. The fourth-order valence-corrected chi connectivity index (χ4v) is 5.23. The molecule has 2 aromatic rings. The van der Waals surface area contributed by atoms with Crippen LogP contribution in [0.15, 0.2) is 24.3 Å². The summed E-state index contributed by atoms with van der Waals surface area (Å²) < 4.78 is 13.2. The number of amides is 4. The number of rotatable bonds is 4. The molecule has 1 aliphatic carbocycles. The van der Waals surface area contributed by atoms with Crippen LogP contribution in [0.1, 0.15) is 49.7 Å². The third-order valence-corrected chi connectivity index (χ3v) is 6.82. The van der Waals surface area contributed by atoms with E-state index in [9.17, 15) is 18.8 Å². The largest absolute Gasteiger partial charge is 0.325 e. The molecule has 1 atom stereocenters. The minimum absolute atomic E-state index is 0.0329. The zero-order valence-corrected chi connectivity index (χ0v) is 17.9. The fourth-order valence-electron chi connectivity index (χ4n) is 4.03. The van der Waals surface area contributed by atoms with E-state index in [0.717, 1.165) is 29.9 Å². The number of thiazole rings is 1. The molecule has 2 N–H and O–H groups in total. The van der Waals surface area contributed by atoms with Crippen LogP contribution in [0.3, 0.4) is 0 Å². The Labute approximate surface area is 177 Å². The normalized spacial score (nSPS) is 22.6. The number of urea groups is 1. The minimum atomic E-state index is -1.35. The minimum Gasteiger partial charge on any atom is -0.319 e. The number of carbonyl (C=O) groups is 3. The summed E-state index contributed by atoms with van der Waals surface area (Å²) in [7, 11) is 0. The predicted octanol–water partition coefficient (Wildman–Crippen LogP) is 3.30. The summed E-state index contributed by atoms with van der Waals surface area (Å²) in [6.07, 6.45) is 3.07. The van der Waals surface area contributed by atoms with Crippen LogP contribution in [-0.4, -0.2) is 34.3 Å². The van der Waals surface area contributed by atoms with Crippen LogP contribution in [0.25, 0.3) is 0 Å². The van der Waals surface area contributed by atoms with Gasteiger partial charge in [-0.1, -0.05) is 26.0 Å². The van der Waals surface area contributed by atoms with Gasteiger partial charge in [0.2, 0.25) is 5.91 Å². The average molecular weight is 431 g/mol. The van der Waals surface area contributed by atoms with Crippen molar-refractivity contribution in [1.82, 2.24) is 15.2 Å². The van der Waals surface area contributed by atoms with Gasteiger partial charge in [-0.25, -0.2) is 14.2 Å².